The van der Waals surface area contributed by atoms with Gasteiger partial charge in [0.15, 0.2) is 0 Å². The molecule has 0 aliphatic carbocycles. The summed E-state index contributed by atoms with van der Waals surface area (Å²) in [7, 11) is 1.64. The van der Waals surface area contributed by atoms with Crippen molar-refractivity contribution >= 4 is 0 Å². The van der Waals surface area contributed by atoms with Crippen LogP contribution in [0.2, 0.25) is 0 Å². The average Bonchev–Trinajstić information content (AvgIpc) is 2.84. The Morgan fingerprint density at radius 3 is 1.68 bits per heavy atom. The Bertz CT molecular complexity index is 852. The van der Waals surface area contributed by atoms with Crippen LogP contribution in [0.15, 0.2) is 84.9 Å². The predicted molar refractivity (Wildman–Crippen MR) is 120 cm³/mol. The summed E-state index contributed by atoms with van der Waals surface area (Å²) in [4.78, 5) is 0. The summed E-state index contributed by atoms with van der Waals surface area (Å²) in [5, 5.41) is 9.97. The van der Waals surface area contributed by atoms with Crippen LogP contribution in [-0.4, -0.2) is 37.6 Å². The lowest BCUT2D eigenvalue weighted by molar-refractivity contribution is -0.130. The maximum Gasteiger partial charge on any atom is 0.118 e. The highest BCUT2D eigenvalue weighted by atomic mass is 16.6. The van der Waals surface area contributed by atoms with E-state index < -0.39 is 12.2 Å². The first-order valence-electron chi connectivity index (χ1n) is 10.4. The molecule has 0 saturated carbocycles. The quantitative estimate of drug-likeness (QED) is 0.443. The first-order valence-corrected chi connectivity index (χ1v) is 10.4. The van der Waals surface area contributed by atoms with Gasteiger partial charge in [-0.1, -0.05) is 72.8 Å². The molecule has 0 saturated heterocycles. The van der Waals surface area contributed by atoms with E-state index in [0.29, 0.717) is 26.4 Å². The first kappa shape index (κ1) is 23.0. The molecule has 0 aliphatic rings. The van der Waals surface area contributed by atoms with Crippen molar-refractivity contribution in [3.8, 4) is 5.75 Å². The Kier molecular flexibility index (Phi) is 9.54. The van der Waals surface area contributed by atoms with Gasteiger partial charge < -0.3 is 24.1 Å². The van der Waals surface area contributed by atoms with Crippen molar-refractivity contribution < 1.29 is 24.1 Å². The highest BCUT2D eigenvalue weighted by molar-refractivity contribution is 5.26. The van der Waals surface area contributed by atoms with Crippen LogP contribution in [0.3, 0.4) is 0 Å². The van der Waals surface area contributed by atoms with Gasteiger partial charge in [-0.25, -0.2) is 0 Å². The van der Waals surface area contributed by atoms with Crippen molar-refractivity contribution in [2.24, 2.45) is 0 Å². The third kappa shape index (κ3) is 7.81. The summed E-state index contributed by atoms with van der Waals surface area (Å²) in [6.07, 6.45) is -0.910. The zero-order chi connectivity index (χ0) is 21.7. The van der Waals surface area contributed by atoms with Crippen molar-refractivity contribution in [3.63, 3.8) is 0 Å². The van der Waals surface area contributed by atoms with Gasteiger partial charge >= 0.3 is 0 Å². The third-order valence-corrected chi connectivity index (χ3v) is 4.92. The van der Waals surface area contributed by atoms with Crippen LogP contribution in [0.25, 0.3) is 0 Å². The van der Waals surface area contributed by atoms with E-state index in [1.165, 1.54) is 0 Å². The fourth-order valence-electron chi connectivity index (χ4n) is 3.11. The number of rotatable bonds is 13. The van der Waals surface area contributed by atoms with Gasteiger partial charge in [-0.2, -0.15) is 0 Å². The van der Waals surface area contributed by atoms with Gasteiger partial charge in [0.2, 0.25) is 0 Å². The summed E-state index contributed by atoms with van der Waals surface area (Å²) >= 11 is 0. The molecule has 0 radical (unpaired) electrons. The lowest BCUT2D eigenvalue weighted by Gasteiger charge is -2.26. The van der Waals surface area contributed by atoms with Crippen molar-refractivity contribution in [2.75, 3.05) is 20.3 Å². The van der Waals surface area contributed by atoms with E-state index >= 15 is 0 Å². The minimum Gasteiger partial charge on any atom is -0.497 e. The van der Waals surface area contributed by atoms with Crippen LogP contribution >= 0.6 is 0 Å². The molecule has 3 rings (SSSR count). The molecule has 0 amide bonds. The average molecular weight is 423 g/mol. The molecule has 0 bridgehead atoms. The third-order valence-electron chi connectivity index (χ3n) is 4.92. The van der Waals surface area contributed by atoms with Gasteiger partial charge in [-0.15, -0.1) is 0 Å². The summed E-state index contributed by atoms with van der Waals surface area (Å²) in [5.41, 5.74) is 3.14. The zero-order valence-corrected chi connectivity index (χ0v) is 17.9. The van der Waals surface area contributed by atoms with Crippen molar-refractivity contribution in [2.45, 2.75) is 32.0 Å². The second-order valence-electron chi connectivity index (χ2n) is 7.22. The van der Waals surface area contributed by atoms with Crippen molar-refractivity contribution in [3.05, 3.63) is 102 Å². The zero-order valence-electron chi connectivity index (χ0n) is 17.9. The molecule has 5 nitrogen and oxygen atoms in total. The molecule has 0 spiro atoms. The number of hydrogen-bond donors (Lipinski definition) is 1. The van der Waals surface area contributed by atoms with Crippen molar-refractivity contribution in [1.29, 1.82) is 0 Å². The Labute approximate surface area is 184 Å². The molecule has 0 aromatic heterocycles. The standard InChI is InChI=1S/C26H30O5/c1-28-24-14-12-23(13-15-24)17-29-20-26(31-19-22-10-6-3-7-11-22)25(16-27)30-18-21-8-4-2-5-9-21/h2-15,25-27H,16-20H2,1H3/t25-,26-/m0/s1. The molecule has 31 heavy (non-hydrogen) atoms. The van der Waals surface area contributed by atoms with Crippen LogP contribution < -0.4 is 4.74 Å². The number of ether oxygens (including phenoxy) is 4. The molecule has 3 aromatic rings. The van der Waals surface area contributed by atoms with E-state index in [4.69, 9.17) is 18.9 Å². The van der Waals surface area contributed by atoms with Gasteiger partial charge in [0.25, 0.3) is 0 Å². The topological polar surface area (TPSA) is 57.2 Å². The molecule has 2 atom stereocenters. The van der Waals surface area contributed by atoms with Crippen LogP contribution in [-0.2, 0) is 34.0 Å². The number of aliphatic hydroxyl groups excluding tert-OH is 1. The maximum atomic E-state index is 9.97. The molecular formula is C26H30O5. The fraction of sp³-hybridized carbons (Fsp3) is 0.308. The van der Waals surface area contributed by atoms with Crippen LogP contribution in [0.5, 0.6) is 5.75 Å². The molecule has 0 heterocycles. The van der Waals surface area contributed by atoms with E-state index in [-0.39, 0.29) is 6.61 Å². The molecule has 1 N–H and O–H groups in total. The summed E-state index contributed by atoms with van der Waals surface area (Å²) in [6.45, 7) is 1.40. The second-order valence-corrected chi connectivity index (χ2v) is 7.22. The SMILES string of the molecule is COc1ccc(COC[C@H](OCc2ccccc2)[C@H](CO)OCc2ccccc2)cc1. The van der Waals surface area contributed by atoms with E-state index in [2.05, 4.69) is 0 Å². The van der Waals surface area contributed by atoms with Gasteiger partial charge in [0.1, 0.15) is 18.0 Å². The predicted octanol–water partition coefficient (Wildman–Crippen LogP) is 4.37. The molecule has 0 unspecified atom stereocenters. The molecule has 164 valence electrons. The molecule has 3 aromatic carbocycles. The number of aliphatic hydroxyl groups is 1. The minimum absolute atomic E-state index is 0.155. The van der Waals surface area contributed by atoms with E-state index in [1.54, 1.807) is 7.11 Å². The Hall–Kier alpha value is -2.70. The highest BCUT2D eigenvalue weighted by Crippen LogP contribution is 2.15. The summed E-state index contributed by atoms with van der Waals surface area (Å²) in [5.74, 6) is 0.808. The normalized spacial score (nSPS) is 13.0. The second kappa shape index (κ2) is 12.9. The monoisotopic (exact) mass is 422 g/mol. The molecule has 0 aliphatic heterocycles. The Morgan fingerprint density at radius 2 is 1.16 bits per heavy atom. The summed E-state index contributed by atoms with van der Waals surface area (Å²) in [6, 6.07) is 27.6. The number of benzene rings is 3. The number of hydrogen-bond acceptors (Lipinski definition) is 5. The fourth-order valence-corrected chi connectivity index (χ4v) is 3.11. The van der Waals surface area contributed by atoms with Gasteiger partial charge in [0.05, 0.1) is 40.1 Å². The molecular weight excluding hydrogens is 392 g/mol. The maximum absolute atomic E-state index is 9.97. The molecule has 0 fully saturated rings. The highest BCUT2D eigenvalue weighted by Gasteiger charge is 2.23. The van der Waals surface area contributed by atoms with Gasteiger partial charge in [0, 0.05) is 0 Å². The lowest BCUT2D eigenvalue weighted by atomic mass is 10.2. The van der Waals surface area contributed by atoms with Gasteiger partial charge in [-0.05, 0) is 28.8 Å². The van der Waals surface area contributed by atoms with E-state index in [9.17, 15) is 5.11 Å². The largest absolute Gasteiger partial charge is 0.497 e. The number of methoxy groups -OCH3 is 1. The molecule has 5 heteroatoms. The van der Waals surface area contributed by atoms with Crippen LogP contribution in [0.1, 0.15) is 16.7 Å². The van der Waals surface area contributed by atoms with Crippen LogP contribution in [0.4, 0.5) is 0 Å². The van der Waals surface area contributed by atoms with E-state index in [0.717, 1.165) is 22.4 Å². The summed E-state index contributed by atoms with van der Waals surface area (Å²) < 4.78 is 23.2. The van der Waals surface area contributed by atoms with Gasteiger partial charge in [-0.3, -0.25) is 0 Å². The van der Waals surface area contributed by atoms with E-state index in [1.807, 2.05) is 84.9 Å². The first-order chi connectivity index (χ1) is 15.3. The minimum atomic E-state index is -0.500. The Balaban J connectivity index is 1.58. The Morgan fingerprint density at radius 1 is 0.645 bits per heavy atom. The van der Waals surface area contributed by atoms with Crippen molar-refractivity contribution in [1.82, 2.24) is 0 Å². The van der Waals surface area contributed by atoms with Crippen LogP contribution in [0, 0.1) is 0 Å². The smallest absolute Gasteiger partial charge is 0.118 e. The lowest BCUT2D eigenvalue weighted by Crippen LogP contribution is -2.38.